The first kappa shape index (κ1) is 14.5. The van der Waals surface area contributed by atoms with Crippen molar-refractivity contribution in [2.45, 2.75) is 33.4 Å². The van der Waals surface area contributed by atoms with E-state index in [1.165, 1.54) is 0 Å². The van der Waals surface area contributed by atoms with Gasteiger partial charge in [0.2, 0.25) is 5.91 Å². The van der Waals surface area contributed by atoms with Gasteiger partial charge in [-0.25, -0.2) is 0 Å². The first-order valence-electron chi connectivity index (χ1n) is 6.27. The van der Waals surface area contributed by atoms with Crippen molar-refractivity contribution < 1.29 is 9.53 Å². The molecule has 1 aromatic rings. The number of carbonyl (C=O) groups is 1. The minimum Gasteiger partial charge on any atom is -0.494 e. The van der Waals surface area contributed by atoms with Crippen molar-refractivity contribution >= 4 is 5.91 Å². The van der Waals surface area contributed by atoms with Gasteiger partial charge in [-0.3, -0.25) is 9.69 Å². The molecule has 0 spiro atoms. The fourth-order valence-electron chi connectivity index (χ4n) is 1.77. The average molecular weight is 250 g/mol. The molecule has 0 heterocycles. The Morgan fingerprint density at radius 3 is 2.61 bits per heavy atom. The molecule has 1 aromatic carbocycles. The minimum absolute atomic E-state index is 0.257. The van der Waals surface area contributed by atoms with Gasteiger partial charge in [-0.05, 0) is 26.8 Å². The summed E-state index contributed by atoms with van der Waals surface area (Å²) in [4.78, 5) is 13.1. The molecule has 0 aliphatic heterocycles. The van der Waals surface area contributed by atoms with E-state index >= 15 is 0 Å². The second-order valence-electron chi connectivity index (χ2n) is 4.51. The molecule has 0 aromatic heterocycles. The van der Waals surface area contributed by atoms with Crippen molar-refractivity contribution in [1.82, 2.24) is 4.90 Å². The fourth-order valence-corrected chi connectivity index (χ4v) is 1.77. The Bertz CT molecular complexity index is 391. The van der Waals surface area contributed by atoms with Gasteiger partial charge in [0.05, 0.1) is 13.2 Å². The SMILES string of the molecule is CCOc1ccccc1CN(CC(N)=O)C(C)C. The molecule has 1 rings (SSSR count). The van der Waals surface area contributed by atoms with Gasteiger partial charge in [0.15, 0.2) is 0 Å². The summed E-state index contributed by atoms with van der Waals surface area (Å²) in [6.45, 7) is 7.61. The zero-order valence-electron chi connectivity index (χ0n) is 11.3. The number of ether oxygens (including phenoxy) is 1. The number of hydrogen-bond donors (Lipinski definition) is 1. The van der Waals surface area contributed by atoms with E-state index in [0.717, 1.165) is 11.3 Å². The summed E-state index contributed by atoms with van der Waals surface area (Å²) >= 11 is 0. The summed E-state index contributed by atoms with van der Waals surface area (Å²) in [7, 11) is 0. The van der Waals surface area contributed by atoms with E-state index < -0.39 is 0 Å². The molecule has 0 fully saturated rings. The van der Waals surface area contributed by atoms with Crippen LogP contribution in [0.1, 0.15) is 26.3 Å². The predicted molar refractivity (Wildman–Crippen MR) is 72.4 cm³/mol. The number of nitrogens with two attached hydrogens (primary N) is 1. The van der Waals surface area contributed by atoms with E-state index in [0.29, 0.717) is 13.2 Å². The number of carbonyl (C=O) groups excluding carboxylic acids is 1. The van der Waals surface area contributed by atoms with Crippen LogP contribution in [0.3, 0.4) is 0 Å². The summed E-state index contributed by atoms with van der Waals surface area (Å²) in [5.74, 6) is 0.563. The Labute approximate surface area is 109 Å². The van der Waals surface area contributed by atoms with Crippen LogP contribution < -0.4 is 10.5 Å². The highest BCUT2D eigenvalue weighted by Gasteiger charge is 2.14. The molecule has 1 amide bonds. The standard InChI is InChI=1S/C14H22N2O2/c1-4-18-13-8-6-5-7-12(13)9-16(11(2)3)10-14(15)17/h5-8,11H,4,9-10H2,1-3H3,(H2,15,17). The van der Waals surface area contributed by atoms with Gasteiger partial charge in [-0.15, -0.1) is 0 Å². The van der Waals surface area contributed by atoms with Crippen LogP contribution in [0.2, 0.25) is 0 Å². The summed E-state index contributed by atoms with van der Waals surface area (Å²) in [5.41, 5.74) is 6.35. The highest BCUT2D eigenvalue weighted by Crippen LogP contribution is 2.20. The topological polar surface area (TPSA) is 55.6 Å². The number of nitrogens with zero attached hydrogens (tertiary/aromatic N) is 1. The quantitative estimate of drug-likeness (QED) is 0.802. The van der Waals surface area contributed by atoms with E-state index in [9.17, 15) is 4.79 Å². The van der Waals surface area contributed by atoms with E-state index in [1.807, 2.05) is 49.9 Å². The van der Waals surface area contributed by atoms with E-state index in [2.05, 4.69) is 0 Å². The highest BCUT2D eigenvalue weighted by molar-refractivity contribution is 5.75. The molecule has 2 N–H and O–H groups in total. The Morgan fingerprint density at radius 2 is 2.06 bits per heavy atom. The van der Waals surface area contributed by atoms with Crippen molar-refractivity contribution in [3.05, 3.63) is 29.8 Å². The lowest BCUT2D eigenvalue weighted by Crippen LogP contribution is -2.38. The zero-order valence-corrected chi connectivity index (χ0v) is 11.3. The lowest BCUT2D eigenvalue weighted by atomic mass is 10.1. The second kappa shape index (κ2) is 7.01. The molecule has 4 nitrogen and oxygen atoms in total. The summed E-state index contributed by atoms with van der Waals surface area (Å²) in [5, 5.41) is 0. The third-order valence-electron chi connectivity index (χ3n) is 2.74. The molecular formula is C14H22N2O2. The van der Waals surface area contributed by atoms with Gasteiger partial charge in [-0.2, -0.15) is 0 Å². The van der Waals surface area contributed by atoms with E-state index in [4.69, 9.17) is 10.5 Å². The number of amides is 1. The van der Waals surface area contributed by atoms with Gasteiger partial charge in [-0.1, -0.05) is 18.2 Å². The lowest BCUT2D eigenvalue weighted by molar-refractivity contribution is -0.119. The van der Waals surface area contributed by atoms with Crippen molar-refractivity contribution in [2.75, 3.05) is 13.2 Å². The molecule has 100 valence electrons. The van der Waals surface area contributed by atoms with Crippen molar-refractivity contribution in [2.24, 2.45) is 5.73 Å². The Balaban J connectivity index is 2.82. The molecule has 18 heavy (non-hydrogen) atoms. The summed E-state index contributed by atoms with van der Waals surface area (Å²) in [6, 6.07) is 8.14. The van der Waals surface area contributed by atoms with Crippen LogP contribution in [0.5, 0.6) is 5.75 Å². The van der Waals surface area contributed by atoms with Gasteiger partial charge in [0.1, 0.15) is 5.75 Å². The van der Waals surface area contributed by atoms with Crippen LogP contribution in [0.25, 0.3) is 0 Å². The molecule has 0 bridgehead atoms. The number of primary amides is 1. The normalized spacial score (nSPS) is 10.9. The predicted octanol–water partition coefficient (Wildman–Crippen LogP) is 1.78. The number of benzene rings is 1. The Hall–Kier alpha value is -1.55. The fraction of sp³-hybridized carbons (Fsp3) is 0.500. The Morgan fingerprint density at radius 1 is 1.39 bits per heavy atom. The van der Waals surface area contributed by atoms with Gasteiger partial charge in [0.25, 0.3) is 0 Å². The van der Waals surface area contributed by atoms with Gasteiger partial charge < -0.3 is 10.5 Å². The van der Waals surface area contributed by atoms with Crippen LogP contribution in [0.4, 0.5) is 0 Å². The zero-order chi connectivity index (χ0) is 13.5. The highest BCUT2D eigenvalue weighted by atomic mass is 16.5. The summed E-state index contributed by atoms with van der Waals surface area (Å²) in [6.07, 6.45) is 0. The Kier molecular flexibility index (Phi) is 5.65. The minimum atomic E-state index is -0.308. The molecule has 0 saturated heterocycles. The van der Waals surface area contributed by atoms with E-state index in [-0.39, 0.29) is 18.5 Å². The lowest BCUT2D eigenvalue weighted by Gasteiger charge is -2.25. The molecule has 0 saturated carbocycles. The number of para-hydroxylation sites is 1. The maximum atomic E-state index is 11.1. The number of hydrogen-bond acceptors (Lipinski definition) is 3. The second-order valence-corrected chi connectivity index (χ2v) is 4.51. The third-order valence-corrected chi connectivity index (χ3v) is 2.74. The third kappa shape index (κ3) is 4.37. The molecule has 0 aliphatic carbocycles. The molecule has 4 heteroatoms. The molecular weight excluding hydrogens is 228 g/mol. The van der Waals surface area contributed by atoms with Crippen LogP contribution >= 0.6 is 0 Å². The van der Waals surface area contributed by atoms with Crippen molar-refractivity contribution in [3.8, 4) is 5.75 Å². The van der Waals surface area contributed by atoms with E-state index in [1.54, 1.807) is 0 Å². The maximum Gasteiger partial charge on any atom is 0.231 e. The monoisotopic (exact) mass is 250 g/mol. The molecule has 0 unspecified atom stereocenters. The molecule has 0 atom stereocenters. The molecule has 0 radical (unpaired) electrons. The van der Waals surface area contributed by atoms with Gasteiger partial charge >= 0.3 is 0 Å². The molecule has 0 aliphatic rings. The van der Waals surface area contributed by atoms with Crippen LogP contribution in [-0.4, -0.2) is 30.0 Å². The van der Waals surface area contributed by atoms with Crippen LogP contribution in [0, 0.1) is 0 Å². The maximum absolute atomic E-state index is 11.1. The smallest absolute Gasteiger partial charge is 0.231 e. The number of rotatable bonds is 7. The largest absolute Gasteiger partial charge is 0.494 e. The first-order chi connectivity index (χ1) is 8.54. The first-order valence-corrected chi connectivity index (χ1v) is 6.27. The van der Waals surface area contributed by atoms with Crippen LogP contribution in [0.15, 0.2) is 24.3 Å². The van der Waals surface area contributed by atoms with Crippen LogP contribution in [-0.2, 0) is 11.3 Å². The summed E-state index contributed by atoms with van der Waals surface area (Å²) < 4.78 is 5.58. The van der Waals surface area contributed by atoms with Crippen molar-refractivity contribution in [3.63, 3.8) is 0 Å². The average Bonchev–Trinajstić information content (AvgIpc) is 2.30. The van der Waals surface area contributed by atoms with Crippen molar-refractivity contribution in [1.29, 1.82) is 0 Å². The van der Waals surface area contributed by atoms with Gasteiger partial charge in [0, 0.05) is 18.2 Å².